The van der Waals surface area contributed by atoms with Gasteiger partial charge in [0.1, 0.15) is 11.5 Å². The molecular weight excluding hydrogens is 830 g/mol. The first-order valence-corrected chi connectivity index (χ1v) is 23.2. The summed E-state index contributed by atoms with van der Waals surface area (Å²) >= 11 is 6.28. The maximum Gasteiger partial charge on any atom is 0.273 e. The number of aromatic amines is 1. The molecule has 1 saturated carbocycles. The van der Waals surface area contributed by atoms with Crippen LogP contribution >= 0.6 is 11.6 Å². The molecule has 0 radical (unpaired) electrons. The summed E-state index contributed by atoms with van der Waals surface area (Å²) in [5.41, 5.74) is 6.48. The zero-order valence-electron chi connectivity index (χ0n) is 34.4. The second-order valence-corrected chi connectivity index (χ2v) is 19.1. The van der Waals surface area contributed by atoms with Crippen LogP contribution in [0.4, 0.5) is 11.4 Å². The summed E-state index contributed by atoms with van der Waals surface area (Å²) in [7, 11) is -4.54. The monoisotopic (exact) mass is 879 g/mol. The van der Waals surface area contributed by atoms with Crippen LogP contribution in [0.15, 0.2) is 102 Å². The van der Waals surface area contributed by atoms with Crippen molar-refractivity contribution in [1.29, 1.82) is 0 Å². The van der Waals surface area contributed by atoms with Gasteiger partial charge in [-0.3, -0.25) is 19.8 Å². The number of carbonyl (C=O) groups is 1. The molecule has 324 valence electrons. The lowest BCUT2D eigenvalue weighted by Gasteiger charge is -2.47. The summed E-state index contributed by atoms with van der Waals surface area (Å²) in [4.78, 5) is 33.0. The number of hydrogen-bond acceptors (Lipinski definition) is 10. The minimum absolute atomic E-state index is 0.00542. The fourth-order valence-corrected chi connectivity index (χ4v) is 10.5. The number of anilines is 1. The molecule has 1 spiro atoms. The number of nitro groups is 1. The molecule has 1 aromatic heterocycles. The lowest BCUT2D eigenvalue weighted by molar-refractivity contribution is -0.385. The molecule has 0 unspecified atom stereocenters. The van der Waals surface area contributed by atoms with E-state index in [1.165, 1.54) is 54.5 Å². The van der Waals surface area contributed by atoms with Crippen LogP contribution in [-0.2, 0) is 25.9 Å². The fraction of sp³-hybridized carbons (Fsp3) is 0.383. The van der Waals surface area contributed by atoms with E-state index >= 15 is 0 Å². The average molecular weight is 880 g/mol. The summed E-state index contributed by atoms with van der Waals surface area (Å²) in [6, 6.07) is 24.5. The number of benzene rings is 4. The highest BCUT2D eigenvalue weighted by atomic mass is 35.5. The zero-order chi connectivity index (χ0) is 42.8. The topological polar surface area (TPSA) is 156 Å². The number of piperazine rings is 1. The third-order valence-electron chi connectivity index (χ3n) is 13.1. The minimum atomic E-state index is -4.54. The molecule has 3 fully saturated rings. The van der Waals surface area contributed by atoms with E-state index in [0.29, 0.717) is 43.0 Å². The normalized spacial score (nSPS) is 19.4. The number of amides is 1. The smallest absolute Gasteiger partial charge is 0.273 e. The van der Waals surface area contributed by atoms with Crippen molar-refractivity contribution in [3.05, 3.63) is 129 Å². The summed E-state index contributed by atoms with van der Waals surface area (Å²) in [6.45, 7) is 5.45. The number of halogens is 1. The van der Waals surface area contributed by atoms with E-state index in [4.69, 9.17) is 25.8 Å². The van der Waals surface area contributed by atoms with Gasteiger partial charge in [0, 0.05) is 78.2 Å². The number of H-pyrrole nitrogens is 1. The van der Waals surface area contributed by atoms with Crippen LogP contribution in [0.25, 0.3) is 16.5 Å². The number of ether oxygens (including phenoxy) is 3. The maximum absolute atomic E-state index is 13.9. The Balaban J connectivity index is 0.926. The van der Waals surface area contributed by atoms with Gasteiger partial charge < -0.3 is 24.1 Å². The number of carbonyl (C=O) groups excluding carboxylic acids is 1. The molecule has 0 bridgehead atoms. The molecule has 4 aromatic carbocycles. The molecule has 2 N–H and O–H groups in total. The van der Waals surface area contributed by atoms with Gasteiger partial charge in [-0.15, -0.1) is 0 Å². The predicted molar refractivity (Wildman–Crippen MR) is 239 cm³/mol. The van der Waals surface area contributed by atoms with Crippen molar-refractivity contribution < 1.29 is 32.3 Å². The second kappa shape index (κ2) is 17.9. The third kappa shape index (κ3) is 9.25. The number of nitro benzene ring substituents is 1. The Morgan fingerprint density at radius 2 is 1.79 bits per heavy atom. The molecule has 15 heteroatoms. The Labute approximate surface area is 366 Å². The number of sulfonamides is 1. The Morgan fingerprint density at radius 1 is 0.968 bits per heavy atom. The fourth-order valence-electron chi connectivity index (χ4n) is 9.37. The molecule has 5 aromatic rings. The van der Waals surface area contributed by atoms with Crippen LogP contribution in [0.3, 0.4) is 0 Å². The van der Waals surface area contributed by atoms with Crippen LogP contribution in [0.5, 0.6) is 11.5 Å². The summed E-state index contributed by atoms with van der Waals surface area (Å²) in [5.74, 6) is -0.290. The Bertz CT molecular complexity index is 2610. The molecule has 9 rings (SSSR count). The van der Waals surface area contributed by atoms with Crippen LogP contribution < -0.4 is 14.4 Å². The Kier molecular flexibility index (Phi) is 12.1. The zero-order valence-corrected chi connectivity index (χ0v) is 36.0. The molecule has 13 nitrogen and oxygen atoms in total. The van der Waals surface area contributed by atoms with Gasteiger partial charge in [0.05, 0.1) is 41.3 Å². The van der Waals surface area contributed by atoms with Crippen molar-refractivity contribution in [3.63, 3.8) is 0 Å². The van der Waals surface area contributed by atoms with E-state index in [2.05, 4.69) is 31.6 Å². The van der Waals surface area contributed by atoms with E-state index in [1.807, 2.05) is 36.5 Å². The van der Waals surface area contributed by atoms with Crippen molar-refractivity contribution in [2.45, 2.75) is 62.4 Å². The van der Waals surface area contributed by atoms with Gasteiger partial charge in [-0.1, -0.05) is 41.8 Å². The predicted octanol–water partition coefficient (Wildman–Crippen LogP) is 8.92. The number of nitrogens with one attached hydrogen (secondary N) is 2. The van der Waals surface area contributed by atoms with Gasteiger partial charge in [0.2, 0.25) is 0 Å². The highest BCUT2D eigenvalue weighted by Crippen LogP contribution is 2.55. The summed E-state index contributed by atoms with van der Waals surface area (Å²) in [5, 5.41) is 13.7. The number of aryl methyl sites for hydroxylation is 1. The first-order chi connectivity index (χ1) is 30.0. The number of aromatic nitrogens is 1. The van der Waals surface area contributed by atoms with E-state index in [0.717, 1.165) is 73.2 Å². The molecule has 2 aliphatic heterocycles. The third-order valence-corrected chi connectivity index (χ3v) is 14.6. The summed E-state index contributed by atoms with van der Waals surface area (Å²) in [6.07, 6.45) is 9.81. The van der Waals surface area contributed by atoms with E-state index in [1.54, 1.807) is 24.3 Å². The highest BCUT2D eigenvalue weighted by molar-refractivity contribution is 7.90. The number of nitrogens with zero attached hydrogens (tertiary/aromatic N) is 3. The average Bonchev–Trinajstić information content (AvgIpc) is 3.74. The molecule has 2 saturated heterocycles. The quantitative estimate of drug-likeness (QED) is 0.0865. The first kappa shape index (κ1) is 42.1. The van der Waals surface area contributed by atoms with Crippen molar-refractivity contribution in [3.8, 4) is 11.5 Å². The highest BCUT2D eigenvalue weighted by Gasteiger charge is 2.41. The Morgan fingerprint density at radius 3 is 2.53 bits per heavy atom. The van der Waals surface area contributed by atoms with Crippen molar-refractivity contribution in [2.75, 3.05) is 57.4 Å². The van der Waals surface area contributed by atoms with Crippen molar-refractivity contribution in [1.82, 2.24) is 14.6 Å². The molecule has 62 heavy (non-hydrogen) atoms. The summed E-state index contributed by atoms with van der Waals surface area (Å²) < 4.78 is 47.0. The maximum atomic E-state index is 13.9. The first-order valence-electron chi connectivity index (χ1n) is 21.4. The van der Waals surface area contributed by atoms with Crippen molar-refractivity contribution in [2.24, 2.45) is 5.41 Å². The van der Waals surface area contributed by atoms with Crippen LogP contribution in [-0.4, -0.2) is 87.8 Å². The standard InChI is InChI=1S/C47H50ClN5O8S/c48-36-6-2-32(3-7-36)42-29-47(16-1-17-47)18-14-35(42)30-51-20-22-52(23-21-51)37-8-12-41(45(27-37)61-38-10-13-43-34(26-38)15-19-49-43)46(54)50-62(57,58)40-11-5-33(44(28-40)53(55)56)4-9-39-31-59-24-25-60-39/h2-3,5-8,10-13,15,19,26-28,39,49H,1,4,9,14,16-18,20-25,29-31H2,(H,50,54)/t39-/m0/s1. The van der Waals surface area contributed by atoms with Gasteiger partial charge >= 0.3 is 0 Å². The number of rotatable bonds is 13. The van der Waals surface area contributed by atoms with E-state index in [-0.39, 0.29) is 29.5 Å². The molecule has 1 atom stereocenters. The molecule has 3 heterocycles. The number of fused-ring (bicyclic) bond motifs is 1. The van der Waals surface area contributed by atoms with Crippen LogP contribution in [0.2, 0.25) is 5.02 Å². The van der Waals surface area contributed by atoms with E-state index in [9.17, 15) is 23.3 Å². The molecule has 1 amide bonds. The SMILES string of the molecule is O=C(NS(=O)(=O)c1ccc(CC[C@H]2COCCO2)c([N+](=O)[O-])c1)c1ccc(N2CCN(CC3=C(c4ccc(Cl)cc4)CC4(CCC4)CC3)CC2)cc1Oc1ccc2[nH]ccc2c1. The minimum Gasteiger partial charge on any atom is -0.456 e. The van der Waals surface area contributed by atoms with Gasteiger partial charge in [-0.25, -0.2) is 13.1 Å². The van der Waals surface area contributed by atoms with Gasteiger partial charge in [-0.2, -0.15) is 0 Å². The van der Waals surface area contributed by atoms with Gasteiger partial charge in [0.15, 0.2) is 0 Å². The lowest BCUT2D eigenvalue weighted by Crippen LogP contribution is -2.47. The molecule has 4 aliphatic rings. The van der Waals surface area contributed by atoms with Crippen LogP contribution in [0.1, 0.15) is 66.4 Å². The molecule has 2 aliphatic carbocycles. The second-order valence-electron chi connectivity index (χ2n) is 17.0. The van der Waals surface area contributed by atoms with Gasteiger partial charge in [0.25, 0.3) is 21.6 Å². The number of allylic oxidation sites excluding steroid dienone is 1. The largest absolute Gasteiger partial charge is 0.456 e. The van der Waals surface area contributed by atoms with Crippen molar-refractivity contribution >= 4 is 55.4 Å². The Hall–Kier alpha value is -5.25. The molecular formula is C47H50ClN5O8S. The number of hydrogen-bond donors (Lipinski definition) is 2. The lowest BCUT2D eigenvalue weighted by atomic mass is 9.59. The van der Waals surface area contributed by atoms with Crippen LogP contribution in [0, 0.1) is 15.5 Å². The van der Waals surface area contributed by atoms with E-state index < -0.39 is 25.7 Å². The van der Waals surface area contributed by atoms with Gasteiger partial charge in [-0.05, 0) is 116 Å².